The SMILES string of the molecule is COC(=O)[C@H]1CN(C(=O)c2cccs2)CCN1C(=O)c1cccnc1. The number of hydrogen-bond acceptors (Lipinski definition) is 6. The third-order valence-corrected chi connectivity index (χ3v) is 4.90. The van der Waals surface area contributed by atoms with Gasteiger partial charge in [-0.2, -0.15) is 0 Å². The standard InChI is InChI=1S/C17H17N3O4S/c1-24-17(23)13-11-19(16(22)14-5-3-9-25-14)7-8-20(13)15(21)12-4-2-6-18-10-12/h2-6,9-10,13H,7-8,11H2,1H3/t13-/m1/s1. The number of ether oxygens (including phenoxy) is 1. The van der Waals surface area contributed by atoms with Crippen molar-refractivity contribution >= 4 is 29.1 Å². The molecule has 3 heterocycles. The molecular weight excluding hydrogens is 342 g/mol. The van der Waals surface area contributed by atoms with Gasteiger partial charge < -0.3 is 14.5 Å². The molecule has 2 aromatic heterocycles. The molecule has 1 atom stereocenters. The van der Waals surface area contributed by atoms with Gasteiger partial charge in [-0.15, -0.1) is 11.3 Å². The van der Waals surface area contributed by atoms with Crippen molar-refractivity contribution in [3.8, 4) is 0 Å². The second-order valence-electron chi connectivity index (χ2n) is 5.51. The van der Waals surface area contributed by atoms with Crippen LogP contribution in [0.3, 0.4) is 0 Å². The normalized spacial score (nSPS) is 17.2. The third-order valence-electron chi connectivity index (χ3n) is 4.04. The minimum atomic E-state index is -0.838. The summed E-state index contributed by atoms with van der Waals surface area (Å²) < 4.78 is 4.84. The van der Waals surface area contributed by atoms with E-state index in [1.54, 1.807) is 35.4 Å². The van der Waals surface area contributed by atoms with Crippen LogP contribution in [0.15, 0.2) is 42.0 Å². The topological polar surface area (TPSA) is 79.8 Å². The number of carbonyl (C=O) groups excluding carboxylic acids is 3. The Kier molecular flexibility index (Phi) is 5.08. The highest BCUT2D eigenvalue weighted by atomic mass is 32.1. The molecule has 0 spiro atoms. The van der Waals surface area contributed by atoms with Crippen LogP contribution in [0.4, 0.5) is 0 Å². The number of pyridine rings is 1. The molecule has 0 saturated carbocycles. The summed E-state index contributed by atoms with van der Waals surface area (Å²) in [4.78, 5) is 45.0. The molecule has 2 aromatic rings. The van der Waals surface area contributed by atoms with Gasteiger partial charge in [-0.05, 0) is 23.6 Å². The molecule has 0 unspecified atom stereocenters. The number of thiophene rings is 1. The summed E-state index contributed by atoms with van der Waals surface area (Å²) in [6, 6.07) is 6.02. The number of amides is 2. The van der Waals surface area contributed by atoms with Crippen molar-refractivity contribution in [1.29, 1.82) is 0 Å². The van der Waals surface area contributed by atoms with E-state index < -0.39 is 12.0 Å². The van der Waals surface area contributed by atoms with Crippen LogP contribution in [0, 0.1) is 0 Å². The average molecular weight is 359 g/mol. The summed E-state index contributed by atoms with van der Waals surface area (Å²) in [5.74, 6) is -0.981. The molecule has 1 aliphatic heterocycles. The maximum Gasteiger partial charge on any atom is 0.330 e. The van der Waals surface area contributed by atoms with Crippen LogP contribution in [-0.4, -0.2) is 65.4 Å². The number of rotatable bonds is 3. The molecule has 0 radical (unpaired) electrons. The van der Waals surface area contributed by atoms with Gasteiger partial charge in [0.1, 0.15) is 6.04 Å². The highest BCUT2D eigenvalue weighted by Crippen LogP contribution is 2.19. The van der Waals surface area contributed by atoms with Gasteiger partial charge in [0.15, 0.2) is 0 Å². The summed E-state index contributed by atoms with van der Waals surface area (Å²) >= 11 is 1.35. The maximum atomic E-state index is 12.7. The number of piperazine rings is 1. The van der Waals surface area contributed by atoms with Crippen molar-refractivity contribution in [2.45, 2.75) is 6.04 Å². The molecule has 0 aromatic carbocycles. The van der Waals surface area contributed by atoms with E-state index >= 15 is 0 Å². The molecule has 0 bridgehead atoms. The first-order valence-electron chi connectivity index (χ1n) is 7.73. The van der Waals surface area contributed by atoms with Crippen molar-refractivity contribution in [1.82, 2.24) is 14.8 Å². The third kappa shape index (κ3) is 3.53. The van der Waals surface area contributed by atoms with E-state index in [1.165, 1.54) is 29.5 Å². The Bertz CT molecular complexity index is 763. The summed E-state index contributed by atoms with van der Waals surface area (Å²) in [6.45, 7) is 0.719. The summed E-state index contributed by atoms with van der Waals surface area (Å²) in [5, 5.41) is 1.83. The maximum absolute atomic E-state index is 12.7. The van der Waals surface area contributed by atoms with Crippen LogP contribution < -0.4 is 0 Å². The molecule has 25 heavy (non-hydrogen) atoms. The zero-order valence-electron chi connectivity index (χ0n) is 13.6. The lowest BCUT2D eigenvalue weighted by atomic mass is 10.1. The fraction of sp³-hybridized carbons (Fsp3) is 0.294. The van der Waals surface area contributed by atoms with E-state index in [2.05, 4.69) is 4.98 Å². The molecule has 1 aliphatic rings. The van der Waals surface area contributed by atoms with Gasteiger partial charge in [-0.1, -0.05) is 6.07 Å². The Morgan fingerprint density at radius 1 is 1.20 bits per heavy atom. The van der Waals surface area contributed by atoms with E-state index in [-0.39, 0.29) is 24.9 Å². The van der Waals surface area contributed by atoms with Crippen LogP contribution >= 0.6 is 11.3 Å². The molecule has 3 rings (SSSR count). The zero-order chi connectivity index (χ0) is 17.8. The summed E-state index contributed by atoms with van der Waals surface area (Å²) in [5.41, 5.74) is 0.398. The molecule has 8 heteroatoms. The predicted octanol–water partition coefficient (Wildman–Crippen LogP) is 1.28. The van der Waals surface area contributed by atoms with Gasteiger partial charge in [0, 0.05) is 25.5 Å². The quantitative estimate of drug-likeness (QED) is 0.772. The minimum Gasteiger partial charge on any atom is -0.467 e. The highest BCUT2D eigenvalue weighted by Gasteiger charge is 2.38. The van der Waals surface area contributed by atoms with Crippen LogP contribution in [0.5, 0.6) is 0 Å². The predicted molar refractivity (Wildman–Crippen MR) is 91.3 cm³/mol. The van der Waals surface area contributed by atoms with Gasteiger partial charge >= 0.3 is 5.97 Å². The van der Waals surface area contributed by atoms with Crippen LogP contribution in [-0.2, 0) is 9.53 Å². The molecule has 130 valence electrons. The highest BCUT2D eigenvalue weighted by molar-refractivity contribution is 7.12. The van der Waals surface area contributed by atoms with Crippen molar-refractivity contribution < 1.29 is 19.1 Å². The van der Waals surface area contributed by atoms with E-state index in [4.69, 9.17) is 4.74 Å². The molecule has 0 N–H and O–H groups in total. The molecule has 1 fully saturated rings. The number of nitrogens with zero attached hydrogens (tertiary/aromatic N) is 3. The second-order valence-corrected chi connectivity index (χ2v) is 6.46. The van der Waals surface area contributed by atoms with Crippen LogP contribution in [0.1, 0.15) is 20.0 Å². The van der Waals surface area contributed by atoms with Gasteiger partial charge in [0.2, 0.25) is 0 Å². The molecular formula is C17H17N3O4S. The van der Waals surface area contributed by atoms with Crippen molar-refractivity contribution in [3.05, 3.63) is 52.5 Å². The lowest BCUT2D eigenvalue weighted by Gasteiger charge is -2.39. The Morgan fingerprint density at radius 2 is 2.04 bits per heavy atom. The van der Waals surface area contributed by atoms with E-state index in [0.29, 0.717) is 17.0 Å². The zero-order valence-corrected chi connectivity index (χ0v) is 14.4. The molecule has 2 amide bonds. The van der Waals surface area contributed by atoms with Crippen molar-refractivity contribution in [2.24, 2.45) is 0 Å². The second kappa shape index (κ2) is 7.43. The molecule has 1 saturated heterocycles. The van der Waals surface area contributed by atoms with Crippen molar-refractivity contribution in [3.63, 3.8) is 0 Å². The largest absolute Gasteiger partial charge is 0.467 e. The number of hydrogen-bond donors (Lipinski definition) is 0. The van der Waals surface area contributed by atoms with Gasteiger partial charge in [-0.25, -0.2) is 4.79 Å². The monoisotopic (exact) mass is 359 g/mol. The lowest BCUT2D eigenvalue weighted by molar-refractivity contribution is -0.147. The average Bonchev–Trinajstić information content (AvgIpc) is 3.21. The minimum absolute atomic E-state index is 0.107. The fourth-order valence-corrected chi connectivity index (χ4v) is 3.45. The Hall–Kier alpha value is -2.74. The van der Waals surface area contributed by atoms with Gasteiger partial charge in [0.05, 0.1) is 24.1 Å². The van der Waals surface area contributed by atoms with Crippen LogP contribution in [0.25, 0.3) is 0 Å². The Labute approximate surface area is 148 Å². The number of methoxy groups -OCH3 is 1. The Morgan fingerprint density at radius 3 is 2.68 bits per heavy atom. The lowest BCUT2D eigenvalue weighted by Crippen LogP contribution is -2.59. The number of esters is 1. The molecule has 7 nitrogen and oxygen atoms in total. The first-order valence-corrected chi connectivity index (χ1v) is 8.61. The number of aromatic nitrogens is 1. The summed E-state index contributed by atoms with van der Waals surface area (Å²) in [7, 11) is 1.27. The first-order chi connectivity index (χ1) is 12.1. The fourth-order valence-electron chi connectivity index (χ4n) is 2.76. The van der Waals surface area contributed by atoms with Crippen LogP contribution in [0.2, 0.25) is 0 Å². The van der Waals surface area contributed by atoms with Crippen molar-refractivity contribution in [2.75, 3.05) is 26.7 Å². The summed E-state index contributed by atoms with van der Waals surface area (Å²) in [6.07, 6.45) is 3.03. The van der Waals surface area contributed by atoms with E-state index in [1.807, 2.05) is 5.38 Å². The smallest absolute Gasteiger partial charge is 0.330 e. The van der Waals surface area contributed by atoms with Gasteiger partial charge in [0.25, 0.3) is 11.8 Å². The Balaban J connectivity index is 1.80. The van der Waals surface area contributed by atoms with E-state index in [0.717, 1.165) is 0 Å². The number of carbonyl (C=O) groups is 3. The van der Waals surface area contributed by atoms with Gasteiger partial charge in [-0.3, -0.25) is 14.6 Å². The van der Waals surface area contributed by atoms with E-state index in [9.17, 15) is 14.4 Å². The molecule has 0 aliphatic carbocycles. The first kappa shape index (κ1) is 17.1.